The average molecular weight is 343 g/mol. The Morgan fingerprint density at radius 3 is 2.19 bits per heavy atom. The number of carbonyl (C=O) groups excluding carboxylic acids is 2. The number of carbonyl (C=O) groups is 2. The molecule has 1 saturated heterocycles. The molecule has 0 spiro atoms. The summed E-state index contributed by atoms with van der Waals surface area (Å²) < 4.78 is 11.4. The first-order valence-electron chi connectivity index (χ1n) is 8.01. The second-order valence-electron chi connectivity index (χ2n) is 8.33. The molecule has 4 atom stereocenters. The van der Waals surface area contributed by atoms with Gasteiger partial charge in [-0.2, -0.15) is 0 Å². The van der Waals surface area contributed by atoms with Crippen molar-refractivity contribution < 1.29 is 18.4 Å². The van der Waals surface area contributed by atoms with Crippen molar-refractivity contribution in [2.75, 3.05) is 0 Å². The number of fused-ring (bicyclic) bond motifs is 1. The zero-order valence-corrected chi connectivity index (χ0v) is 17.8. The highest BCUT2D eigenvalue weighted by molar-refractivity contribution is 6.89. The summed E-state index contributed by atoms with van der Waals surface area (Å²) in [4.78, 5) is 22.9. The second kappa shape index (κ2) is 4.62. The molecule has 3 rings (SSSR count). The molecule has 0 N–H and O–H groups in total. The van der Waals surface area contributed by atoms with E-state index in [1.807, 2.05) is 0 Å². The van der Waals surface area contributed by atoms with Crippen molar-refractivity contribution in [1.82, 2.24) is 0 Å². The second-order valence-corrected chi connectivity index (χ2v) is 20.3. The quantitative estimate of drug-likeness (QED) is 0.431. The van der Waals surface area contributed by atoms with E-state index < -0.39 is 16.6 Å². The van der Waals surface area contributed by atoms with Gasteiger partial charge in [0.05, 0.1) is 12.3 Å². The van der Waals surface area contributed by atoms with Crippen LogP contribution in [0.1, 0.15) is 13.3 Å². The van der Waals surface area contributed by atoms with E-state index in [1.165, 1.54) is 10.2 Å². The van der Waals surface area contributed by atoms with Gasteiger partial charge in [0.1, 0.15) is 0 Å². The third-order valence-corrected chi connectivity index (χ3v) is 19.5. The molecule has 3 fully saturated rings. The first kappa shape index (κ1) is 15.6. The van der Waals surface area contributed by atoms with Crippen LogP contribution in [-0.4, -0.2) is 38.8 Å². The van der Waals surface area contributed by atoms with E-state index in [1.54, 1.807) is 0 Å². The predicted octanol–water partition coefficient (Wildman–Crippen LogP) is 1.46. The topological polar surface area (TPSA) is 52.6 Å². The Balaban J connectivity index is 1.58. The summed E-state index contributed by atoms with van der Waals surface area (Å²) in [7, 11) is -2.01. The summed E-state index contributed by atoms with van der Waals surface area (Å²) in [6, 6.07) is 0. The van der Waals surface area contributed by atoms with Gasteiger partial charge in [0.2, 0.25) is 0 Å². The Hall–Kier alpha value is -0.249. The predicted molar refractivity (Wildman–Crippen MR) is 88.8 cm³/mol. The van der Waals surface area contributed by atoms with Crippen LogP contribution in [0.2, 0.25) is 36.9 Å². The number of esters is 2. The molecule has 0 aromatic rings. The SMILES string of the molecule is CC([SiH3])[Si](C)(C)O[Si](C)(C)C1C2C(C3CC(=O)OC3=O)C21. The van der Waals surface area contributed by atoms with Crippen molar-refractivity contribution in [2.45, 2.75) is 50.2 Å². The highest BCUT2D eigenvalue weighted by Crippen LogP contribution is 2.82. The van der Waals surface area contributed by atoms with Crippen LogP contribution in [0.3, 0.4) is 0 Å². The Labute approximate surface area is 131 Å². The standard InChI is InChI=1S/C14H26O4Si3/c1-7(19)20(2,3)18-21(4,5)13-11-10(12(11)13)8-6-9(15)17-14(8)16/h7-8,10-13H,6H2,1-5,19H3. The first-order chi connectivity index (χ1) is 9.56. The van der Waals surface area contributed by atoms with Gasteiger partial charge in [0.15, 0.2) is 16.6 Å². The molecule has 0 aromatic heterocycles. The highest BCUT2D eigenvalue weighted by atomic mass is 28.4. The number of hydrogen-bond donors (Lipinski definition) is 0. The highest BCUT2D eigenvalue weighted by Gasteiger charge is 2.80. The van der Waals surface area contributed by atoms with E-state index in [9.17, 15) is 9.59 Å². The molecule has 0 bridgehead atoms. The monoisotopic (exact) mass is 342 g/mol. The first-order valence-corrected chi connectivity index (χ1v) is 15.1. The summed E-state index contributed by atoms with van der Waals surface area (Å²) in [5.41, 5.74) is 0.707. The van der Waals surface area contributed by atoms with Crippen molar-refractivity contribution in [3.05, 3.63) is 0 Å². The van der Waals surface area contributed by atoms with E-state index >= 15 is 0 Å². The van der Waals surface area contributed by atoms with Crippen LogP contribution in [0, 0.1) is 23.7 Å². The molecule has 0 aromatic carbocycles. The Morgan fingerprint density at radius 2 is 1.76 bits per heavy atom. The smallest absolute Gasteiger partial charge is 0.317 e. The minimum atomic E-state index is -1.67. The molecule has 0 radical (unpaired) electrons. The molecule has 7 heteroatoms. The lowest BCUT2D eigenvalue weighted by Gasteiger charge is -2.39. The summed E-state index contributed by atoms with van der Waals surface area (Å²) in [6.07, 6.45) is 0.309. The van der Waals surface area contributed by atoms with Crippen LogP contribution in [-0.2, 0) is 18.4 Å². The number of cyclic esters (lactones) is 2. The van der Waals surface area contributed by atoms with E-state index in [0.717, 1.165) is 5.16 Å². The summed E-state index contributed by atoms with van der Waals surface area (Å²) >= 11 is 0. The largest absolute Gasteiger partial charge is 0.455 e. The van der Waals surface area contributed by atoms with E-state index in [0.29, 0.717) is 29.7 Å². The van der Waals surface area contributed by atoms with Gasteiger partial charge < -0.3 is 8.85 Å². The summed E-state index contributed by atoms with van der Waals surface area (Å²) in [5, 5.41) is 0.762. The van der Waals surface area contributed by atoms with Gasteiger partial charge in [-0.15, -0.1) is 0 Å². The number of rotatable bonds is 5. The van der Waals surface area contributed by atoms with Gasteiger partial charge in [-0.1, -0.05) is 6.92 Å². The van der Waals surface area contributed by atoms with Crippen LogP contribution in [0.4, 0.5) is 0 Å². The van der Waals surface area contributed by atoms with Crippen molar-refractivity contribution >= 4 is 38.8 Å². The maximum atomic E-state index is 11.7. The van der Waals surface area contributed by atoms with Crippen LogP contribution in [0.25, 0.3) is 0 Å². The fourth-order valence-electron chi connectivity index (χ4n) is 4.19. The molecule has 4 unspecified atom stereocenters. The number of ether oxygens (including phenoxy) is 1. The van der Waals surface area contributed by atoms with Gasteiger partial charge in [0, 0.05) is 10.2 Å². The third-order valence-electron chi connectivity index (χ3n) is 5.97. The van der Waals surface area contributed by atoms with Crippen LogP contribution in [0.15, 0.2) is 0 Å². The van der Waals surface area contributed by atoms with E-state index in [-0.39, 0.29) is 17.9 Å². The van der Waals surface area contributed by atoms with Crippen molar-refractivity contribution in [3.8, 4) is 0 Å². The lowest BCUT2D eigenvalue weighted by molar-refractivity contribution is -0.153. The number of hydrogen-bond acceptors (Lipinski definition) is 4. The Bertz CT molecular complexity index is 492. The third kappa shape index (κ3) is 2.51. The molecule has 3 aliphatic rings. The fourth-order valence-corrected chi connectivity index (χ4v) is 14.8. The Kier molecular flexibility index (Phi) is 3.44. The van der Waals surface area contributed by atoms with Crippen LogP contribution in [0.5, 0.6) is 0 Å². The van der Waals surface area contributed by atoms with E-state index in [4.69, 9.17) is 8.85 Å². The molecule has 2 saturated carbocycles. The van der Waals surface area contributed by atoms with Gasteiger partial charge in [-0.3, -0.25) is 9.59 Å². The minimum Gasteiger partial charge on any atom is -0.455 e. The molecule has 1 heterocycles. The molecule has 118 valence electrons. The molecular weight excluding hydrogens is 316 g/mol. The lowest BCUT2D eigenvalue weighted by atomic mass is 9.95. The zero-order valence-electron chi connectivity index (χ0n) is 13.8. The van der Waals surface area contributed by atoms with Gasteiger partial charge in [-0.05, 0) is 54.6 Å². The maximum absolute atomic E-state index is 11.7. The normalized spacial score (nSPS) is 40.0. The molecular formula is C14H26O4Si3. The van der Waals surface area contributed by atoms with Gasteiger partial charge in [0.25, 0.3) is 0 Å². The molecule has 0 amide bonds. The Morgan fingerprint density at radius 1 is 1.19 bits per heavy atom. The zero-order chi connectivity index (χ0) is 15.7. The van der Waals surface area contributed by atoms with Crippen molar-refractivity contribution in [2.24, 2.45) is 23.7 Å². The molecule has 21 heavy (non-hydrogen) atoms. The maximum Gasteiger partial charge on any atom is 0.317 e. The van der Waals surface area contributed by atoms with E-state index in [2.05, 4.69) is 33.1 Å². The van der Waals surface area contributed by atoms with Crippen LogP contribution >= 0.6 is 0 Å². The summed E-state index contributed by atoms with van der Waals surface area (Å²) in [6.45, 7) is 11.7. The molecule has 4 nitrogen and oxygen atoms in total. The fraction of sp³-hybridized carbons (Fsp3) is 0.857. The van der Waals surface area contributed by atoms with Crippen LogP contribution < -0.4 is 0 Å². The van der Waals surface area contributed by atoms with Crippen molar-refractivity contribution in [3.63, 3.8) is 0 Å². The average Bonchev–Trinajstić information content (AvgIpc) is 3.12. The minimum absolute atomic E-state index is 0.142. The molecule has 1 aliphatic heterocycles. The summed E-state index contributed by atoms with van der Waals surface area (Å²) in [5.74, 6) is 0.950. The van der Waals surface area contributed by atoms with Gasteiger partial charge >= 0.3 is 11.9 Å². The lowest BCUT2D eigenvalue weighted by Crippen LogP contribution is -2.49. The molecule has 2 aliphatic carbocycles. The van der Waals surface area contributed by atoms with Crippen molar-refractivity contribution in [1.29, 1.82) is 0 Å². The van der Waals surface area contributed by atoms with Gasteiger partial charge in [-0.25, -0.2) is 0 Å².